The third-order valence-corrected chi connectivity index (χ3v) is 4.16. The van der Waals surface area contributed by atoms with Crippen molar-refractivity contribution in [1.82, 2.24) is 15.0 Å². The SMILES string of the molecule is CSc1nccc(/C(=N\O)C(=O)c2cccc(OCc3cccnc3)c2)n1. The summed E-state index contributed by atoms with van der Waals surface area (Å²) in [5, 5.41) is 13.0. The molecule has 136 valence electrons. The molecule has 0 saturated carbocycles. The Hall–Kier alpha value is -3.26. The Morgan fingerprint density at radius 1 is 1.22 bits per heavy atom. The number of ether oxygens (including phenoxy) is 1. The van der Waals surface area contributed by atoms with E-state index in [9.17, 15) is 10.0 Å². The van der Waals surface area contributed by atoms with E-state index in [0.717, 1.165) is 5.56 Å². The van der Waals surface area contributed by atoms with Crippen LogP contribution in [0.25, 0.3) is 0 Å². The van der Waals surface area contributed by atoms with Crippen LogP contribution in [-0.2, 0) is 6.61 Å². The van der Waals surface area contributed by atoms with Crippen molar-refractivity contribution in [1.29, 1.82) is 0 Å². The summed E-state index contributed by atoms with van der Waals surface area (Å²) in [6.07, 6.45) is 6.73. The monoisotopic (exact) mass is 380 g/mol. The summed E-state index contributed by atoms with van der Waals surface area (Å²) in [4.78, 5) is 25.1. The van der Waals surface area contributed by atoms with E-state index in [1.165, 1.54) is 24.0 Å². The fourth-order valence-electron chi connectivity index (χ4n) is 2.30. The van der Waals surface area contributed by atoms with Crippen molar-refractivity contribution in [3.8, 4) is 5.75 Å². The lowest BCUT2D eigenvalue weighted by atomic mass is 10.0. The molecule has 0 aliphatic rings. The van der Waals surface area contributed by atoms with Crippen molar-refractivity contribution in [2.45, 2.75) is 11.8 Å². The average molecular weight is 380 g/mol. The zero-order valence-corrected chi connectivity index (χ0v) is 15.3. The lowest BCUT2D eigenvalue weighted by molar-refractivity contribution is 0.106. The predicted molar refractivity (Wildman–Crippen MR) is 101 cm³/mol. The first kappa shape index (κ1) is 18.5. The molecule has 0 spiro atoms. The fourth-order valence-corrected chi connectivity index (χ4v) is 2.65. The van der Waals surface area contributed by atoms with Crippen molar-refractivity contribution in [2.75, 3.05) is 6.26 Å². The number of aromatic nitrogens is 3. The van der Waals surface area contributed by atoms with E-state index >= 15 is 0 Å². The van der Waals surface area contributed by atoms with Crippen molar-refractivity contribution < 1.29 is 14.7 Å². The summed E-state index contributed by atoms with van der Waals surface area (Å²) in [6.45, 7) is 0.329. The number of carbonyl (C=O) groups is 1. The van der Waals surface area contributed by atoms with Crippen molar-refractivity contribution in [3.05, 3.63) is 77.9 Å². The highest BCUT2D eigenvalue weighted by Crippen LogP contribution is 2.17. The van der Waals surface area contributed by atoms with E-state index in [0.29, 0.717) is 23.1 Å². The van der Waals surface area contributed by atoms with Crippen LogP contribution >= 0.6 is 11.8 Å². The Bertz CT molecular complexity index is 964. The Labute approximate surface area is 160 Å². The van der Waals surface area contributed by atoms with Crippen LogP contribution in [0.3, 0.4) is 0 Å². The van der Waals surface area contributed by atoms with Gasteiger partial charge in [-0.25, -0.2) is 9.97 Å². The van der Waals surface area contributed by atoms with Crippen LogP contribution in [0.4, 0.5) is 0 Å². The molecule has 7 nitrogen and oxygen atoms in total. The van der Waals surface area contributed by atoms with Crippen LogP contribution in [0.1, 0.15) is 21.6 Å². The molecular formula is C19H16N4O3S. The number of Topliss-reactive ketones (excluding diaryl/α,β-unsaturated/α-hetero) is 1. The van der Waals surface area contributed by atoms with Crippen LogP contribution in [-0.4, -0.2) is 37.9 Å². The van der Waals surface area contributed by atoms with Gasteiger partial charge >= 0.3 is 0 Å². The fraction of sp³-hybridized carbons (Fsp3) is 0.105. The Morgan fingerprint density at radius 3 is 2.85 bits per heavy atom. The van der Waals surface area contributed by atoms with Gasteiger partial charge in [0.15, 0.2) is 10.9 Å². The van der Waals surface area contributed by atoms with Gasteiger partial charge < -0.3 is 9.94 Å². The molecule has 0 unspecified atom stereocenters. The smallest absolute Gasteiger partial charge is 0.217 e. The van der Waals surface area contributed by atoms with E-state index in [4.69, 9.17) is 4.74 Å². The molecule has 2 aromatic heterocycles. The molecular weight excluding hydrogens is 364 g/mol. The number of rotatable bonds is 7. The topological polar surface area (TPSA) is 97.6 Å². The van der Waals surface area contributed by atoms with Gasteiger partial charge in [0.25, 0.3) is 0 Å². The molecule has 0 fully saturated rings. The first-order valence-electron chi connectivity index (χ1n) is 7.97. The zero-order valence-electron chi connectivity index (χ0n) is 14.4. The van der Waals surface area contributed by atoms with Crippen LogP contribution in [0.5, 0.6) is 5.75 Å². The van der Waals surface area contributed by atoms with Crippen LogP contribution in [0, 0.1) is 0 Å². The van der Waals surface area contributed by atoms with Gasteiger partial charge in [-0.15, -0.1) is 0 Å². The molecule has 3 rings (SSSR count). The van der Waals surface area contributed by atoms with E-state index in [1.807, 2.05) is 18.4 Å². The van der Waals surface area contributed by atoms with Gasteiger partial charge in [-0.2, -0.15) is 0 Å². The second-order valence-electron chi connectivity index (χ2n) is 5.38. The number of nitrogens with zero attached hydrogens (tertiary/aromatic N) is 4. The lowest BCUT2D eigenvalue weighted by Gasteiger charge is -2.08. The first-order valence-corrected chi connectivity index (χ1v) is 9.19. The lowest BCUT2D eigenvalue weighted by Crippen LogP contribution is -2.18. The number of carbonyl (C=O) groups excluding carboxylic acids is 1. The molecule has 0 aliphatic carbocycles. The molecule has 0 bridgehead atoms. The third kappa shape index (κ3) is 4.68. The highest BCUT2D eigenvalue weighted by atomic mass is 32.2. The van der Waals surface area contributed by atoms with Crippen LogP contribution in [0.2, 0.25) is 0 Å². The van der Waals surface area contributed by atoms with Crippen molar-refractivity contribution >= 4 is 23.3 Å². The third-order valence-electron chi connectivity index (χ3n) is 3.60. The van der Waals surface area contributed by atoms with Gasteiger partial charge in [0.1, 0.15) is 18.1 Å². The molecule has 0 radical (unpaired) electrons. The molecule has 27 heavy (non-hydrogen) atoms. The van der Waals surface area contributed by atoms with E-state index in [1.54, 1.807) is 36.7 Å². The number of benzene rings is 1. The molecule has 0 aliphatic heterocycles. The van der Waals surface area contributed by atoms with Gasteiger partial charge in [0.05, 0.1) is 0 Å². The van der Waals surface area contributed by atoms with Gasteiger partial charge in [-0.05, 0) is 30.5 Å². The maximum atomic E-state index is 12.8. The molecule has 8 heteroatoms. The number of ketones is 1. The summed E-state index contributed by atoms with van der Waals surface area (Å²) in [5.41, 5.74) is 1.34. The number of hydrogen-bond acceptors (Lipinski definition) is 8. The Morgan fingerprint density at radius 2 is 2.11 bits per heavy atom. The average Bonchev–Trinajstić information content (AvgIpc) is 2.74. The van der Waals surface area contributed by atoms with Gasteiger partial charge in [0.2, 0.25) is 5.78 Å². The Balaban J connectivity index is 1.79. The van der Waals surface area contributed by atoms with Gasteiger partial charge in [0, 0.05) is 29.7 Å². The largest absolute Gasteiger partial charge is 0.489 e. The van der Waals surface area contributed by atoms with Crippen LogP contribution in [0.15, 0.2) is 71.4 Å². The minimum absolute atomic E-state index is 0.155. The standard InChI is InChI=1S/C19H16N4O3S/c1-27-19-21-9-7-16(22-19)17(23-25)18(24)14-5-2-6-15(10-14)26-12-13-4-3-8-20-11-13/h2-11,25H,12H2,1H3/b23-17+. The first-order chi connectivity index (χ1) is 13.2. The highest BCUT2D eigenvalue weighted by Gasteiger charge is 2.19. The van der Waals surface area contributed by atoms with E-state index in [2.05, 4.69) is 20.1 Å². The molecule has 1 N–H and O–H groups in total. The summed E-state index contributed by atoms with van der Waals surface area (Å²) in [6, 6.07) is 11.9. The maximum absolute atomic E-state index is 12.8. The molecule has 3 aromatic rings. The van der Waals surface area contributed by atoms with E-state index < -0.39 is 5.78 Å². The van der Waals surface area contributed by atoms with Crippen molar-refractivity contribution in [3.63, 3.8) is 0 Å². The highest BCUT2D eigenvalue weighted by molar-refractivity contribution is 7.98. The number of thioether (sulfide) groups is 1. The van der Waals surface area contributed by atoms with E-state index in [-0.39, 0.29) is 11.4 Å². The van der Waals surface area contributed by atoms with Crippen molar-refractivity contribution in [2.24, 2.45) is 5.16 Å². The summed E-state index contributed by atoms with van der Waals surface area (Å²) >= 11 is 1.33. The Kier molecular flexibility index (Phi) is 6.11. The molecule has 1 aromatic carbocycles. The molecule has 0 saturated heterocycles. The molecule has 2 heterocycles. The predicted octanol–water partition coefficient (Wildman–Crippen LogP) is 3.23. The number of pyridine rings is 1. The minimum Gasteiger partial charge on any atom is -0.489 e. The molecule has 0 amide bonds. The normalized spacial score (nSPS) is 11.2. The zero-order chi connectivity index (χ0) is 19.1. The minimum atomic E-state index is -0.463. The second-order valence-corrected chi connectivity index (χ2v) is 6.16. The quantitative estimate of drug-likeness (QED) is 0.168. The van der Waals surface area contributed by atoms with Gasteiger partial charge in [-0.3, -0.25) is 9.78 Å². The summed E-state index contributed by atoms with van der Waals surface area (Å²) < 4.78 is 5.71. The van der Waals surface area contributed by atoms with Crippen LogP contribution < -0.4 is 4.74 Å². The number of oxime groups is 1. The summed E-state index contributed by atoms with van der Waals surface area (Å²) in [5.74, 6) is 0.0598. The number of hydrogen-bond donors (Lipinski definition) is 1. The summed E-state index contributed by atoms with van der Waals surface area (Å²) in [7, 11) is 0. The molecule has 0 atom stereocenters. The second kappa shape index (κ2) is 8.91. The maximum Gasteiger partial charge on any atom is 0.217 e. The van der Waals surface area contributed by atoms with Gasteiger partial charge in [-0.1, -0.05) is 35.1 Å².